The van der Waals surface area contributed by atoms with Gasteiger partial charge >= 0.3 is 17.9 Å². The van der Waals surface area contributed by atoms with Crippen molar-refractivity contribution in [2.24, 2.45) is 0 Å². The van der Waals surface area contributed by atoms with Gasteiger partial charge in [0.25, 0.3) is 0 Å². The zero-order valence-corrected chi connectivity index (χ0v) is 9.11. The maximum atomic E-state index is 10.3. The molecule has 0 saturated heterocycles. The molecule has 0 unspecified atom stereocenters. The highest BCUT2D eigenvalue weighted by Gasteiger charge is 1.98. The highest BCUT2D eigenvalue weighted by molar-refractivity contribution is 5.89. The van der Waals surface area contributed by atoms with Crippen LogP contribution in [0.1, 0.15) is 10.4 Å². The van der Waals surface area contributed by atoms with Gasteiger partial charge in [0.2, 0.25) is 0 Å². The lowest BCUT2D eigenvalue weighted by molar-refractivity contribution is -0.134. The minimum atomic E-state index is -1.26. The fraction of sp³-hybridized carbons (Fsp3) is 0. The summed E-state index contributed by atoms with van der Waals surface area (Å²) in [5, 5.41) is 24.1. The summed E-state index contributed by atoms with van der Waals surface area (Å²) < 4.78 is 0. The number of carboxylic acid groups (broad SMARTS) is 3. The smallest absolute Gasteiger partial charge is 0.335 e. The summed E-state index contributed by atoms with van der Waals surface area (Å²) in [6.45, 7) is 0. The molecule has 18 heavy (non-hydrogen) atoms. The van der Waals surface area contributed by atoms with Crippen LogP contribution in [0.4, 0.5) is 5.69 Å². The largest absolute Gasteiger partial charge is 0.478 e. The zero-order valence-electron chi connectivity index (χ0n) is 9.11. The highest BCUT2D eigenvalue weighted by atomic mass is 16.4. The van der Waals surface area contributed by atoms with Gasteiger partial charge in [0, 0.05) is 17.8 Å². The van der Waals surface area contributed by atoms with E-state index in [-0.39, 0.29) is 5.56 Å². The van der Waals surface area contributed by atoms with Crippen LogP contribution in [-0.2, 0) is 9.59 Å². The molecule has 1 rings (SSSR count). The summed E-state index contributed by atoms with van der Waals surface area (Å²) in [7, 11) is 0. The van der Waals surface area contributed by atoms with Gasteiger partial charge in [-0.2, -0.15) is 0 Å². The first kappa shape index (κ1) is 15.2. The summed E-state index contributed by atoms with van der Waals surface area (Å²) in [6.07, 6.45) is 1.12. The van der Waals surface area contributed by atoms with Crippen LogP contribution < -0.4 is 5.73 Å². The molecule has 0 radical (unpaired) electrons. The summed E-state index contributed by atoms with van der Waals surface area (Å²) >= 11 is 0. The number of hydrogen-bond donors (Lipinski definition) is 4. The molecule has 96 valence electrons. The molecular formula is C11H11NO6. The molecule has 5 N–H and O–H groups in total. The zero-order chi connectivity index (χ0) is 14.1. The van der Waals surface area contributed by atoms with Gasteiger partial charge in [-0.05, 0) is 24.3 Å². The predicted octanol–water partition coefficient (Wildman–Crippen LogP) is 0.679. The van der Waals surface area contributed by atoms with E-state index in [9.17, 15) is 14.4 Å². The molecule has 0 aliphatic rings. The Morgan fingerprint density at radius 3 is 1.56 bits per heavy atom. The summed E-state index contributed by atoms with van der Waals surface area (Å²) in [4.78, 5) is 29.4. The van der Waals surface area contributed by atoms with E-state index in [1.54, 1.807) is 12.1 Å². The quantitative estimate of drug-likeness (QED) is 0.459. The molecule has 0 spiro atoms. The van der Waals surface area contributed by atoms with Crippen LogP contribution in [-0.4, -0.2) is 33.2 Å². The molecule has 0 aliphatic carbocycles. The van der Waals surface area contributed by atoms with Crippen LogP contribution >= 0.6 is 0 Å². The number of benzene rings is 1. The Kier molecular flexibility index (Phi) is 6.27. The van der Waals surface area contributed by atoms with Crippen molar-refractivity contribution < 1.29 is 29.7 Å². The molecule has 7 nitrogen and oxygen atoms in total. The first-order valence-electron chi connectivity index (χ1n) is 4.55. The maximum Gasteiger partial charge on any atom is 0.335 e. The molecule has 0 aliphatic heterocycles. The highest BCUT2D eigenvalue weighted by Crippen LogP contribution is 2.04. The van der Waals surface area contributed by atoms with Crippen molar-refractivity contribution in [2.75, 3.05) is 5.73 Å². The lowest BCUT2D eigenvalue weighted by Crippen LogP contribution is -1.95. The van der Waals surface area contributed by atoms with Crippen LogP contribution in [0.15, 0.2) is 36.4 Å². The van der Waals surface area contributed by atoms with Gasteiger partial charge in [-0.15, -0.1) is 0 Å². The van der Waals surface area contributed by atoms with Crippen LogP contribution in [0.5, 0.6) is 0 Å². The van der Waals surface area contributed by atoms with Crippen molar-refractivity contribution in [3.8, 4) is 0 Å². The molecule has 0 heterocycles. The molecular weight excluding hydrogens is 242 g/mol. The minimum absolute atomic E-state index is 0.259. The summed E-state index contributed by atoms with van der Waals surface area (Å²) in [5.74, 6) is -3.44. The average molecular weight is 253 g/mol. The molecule has 0 amide bonds. The third kappa shape index (κ3) is 7.46. The predicted molar refractivity (Wildman–Crippen MR) is 62.2 cm³/mol. The Morgan fingerprint density at radius 1 is 0.889 bits per heavy atom. The molecule has 1 aromatic carbocycles. The average Bonchev–Trinajstić information content (AvgIpc) is 2.28. The third-order valence-electron chi connectivity index (χ3n) is 1.53. The second-order valence-electron chi connectivity index (χ2n) is 2.94. The molecule has 0 bridgehead atoms. The Morgan fingerprint density at radius 2 is 1.28 bits per heavy atom. The number of nitrogens with two attached hydrogens (primary N) is 1. The van der Waals surface area contributed by atoms with Crippen molar-refractivity contribution in [3.63, 3.8) is 0 Å². The van der Waals surface area contributed by atoms with Crippen molar-refractivity contribution in [1.82, 2.24) is 0 Å². The fourth-order valence-corrected chi connectivity index (χ4v) is 0.768. The number of nitrogen functional groups attached to an aromatic ring is 1. The lowest BCUT2D eigenvalue weighted by Gasteiger charge is -1.93. The van der Waals surface area contributed by atoms with Gasteiger partial charge in [0.15, 0.2) is 0 Å². The van der Waals surface area contributed by atoms with E-state index >= 15 is 0 Å². The van der Waals surface area contributed by atoms with Crippen molar-refractivity contribution in [1.29, 1.82) is 0 Å². The van der Waals surface area contributed by atoms with Crippen LogP contribution in [0.3, 0.4) is 0 Å². The van der Waals surface area contributed by atoms with Gasteiger partial charge < -0.3 is 21.1 Å². The Hall–Kier alpha value is -2.83. The Balaban J connectivity index is 0.000000331. The van der Waals surface area contributed by atoms with Crippen molar-refractivity contribution in [2.45, 2.75) is 0 Å². The molecule has 0 atom stereocenters. The number of hydrogen-bond acceptors (Lipinski definition) is 4. The Bertz CT molecular complexity index is 447. The van der Waals surface area contributed by atoms with E-state index < -0.39 is 17.9 Å². The van der Waals surface area contributed by atoms with Gasteiger partial charge in [0.1, 0.15) is 0 Å². The van der Waals surface area contributed by atoms with E-state index in [0.29, 0.717) is 17.8 Å². The third-order valence-corrected chi connectivity index (χ3v) is 1.53. The van der Waals surface area contributed by atoms with E-state index in [4.69, 9.17) is 21.1 Å². The molecule has 7 heteroatoms. The number of carboxylic acids is 3. The normalized spacial score (nSPS) is 9.33. The number of aromatic carboxylic acids is 1. The second-order valence-corrected chi connectivity index (χ2v) is 2.94. The number of rotatable bonds is 3. The Labute approximate surface area is 102 Å². The van der Waals surface area contributed by atoms with E-state index in [2.05, 4.69) is 0 Å². The molecule has 0 fully saturated rings. The molecule has 0 aromatic heterocycles. The number of carbonyl (C=O) groups is 3. The van der Waals surface area contributed by atoms with E-state index in [0.717, 1.165) is 0 Å². The van der Waals surface area contributed by atoms with E-state index in [1.165, 1.54) is 12.1 Å². The summed E-state index contributed by atoms with van der Waals surface area (Å²) in [5.41, 5.74) is 6.17. The topological polar surface area (TPSA) is 138 Å². The maximum absolute atomic E-state index is 10.3. The number of aliphatic carboxylic acids is 2. The van der Waals surface area contributed by atoms with Gasteiger partial charge in [-0.3, -0.25) is 0 Å². The summed E-state index contributed by atoms with van der Waals surface area (Å²) in [6, 6.07) is 6.06. The molecule has 1 aromatic rings. The van der Waals surface area contributed by atoms with Crippen LogP contribution in [0.2, 0.25) is 0 Å². The first-order valence-corrected chi connectivity index (χ1v) is 4.55. The second kappa shape index (κ2) is 7.44. The van der Waals surface area contributed by atoms with Crippen molar-refractivity contribution >= 4 is 23.6 Å². The standard InChI is InChI=1S/C7H7NO2.C4H4O4/c8-6-3-1-5(2-4-6)7(9)10;5-3(6)1-2-4(7)8/h1-4H,8H2,(H,9,10);1-2H,(H,5,6)(H,7,8)/b;2-1-. The van der Waals surface area contributed by atoms with Gasteiger partial charge in [-0.25, -0.2) is 14.4 Å². The van der Waals surface area contributed by atoms with Crippen LogP contribution in [0, 0.1) is 0 Å². The first-order chi connectivity index (χ1) is 8.32. The van der Waals surface area contributed by atoms with Crippen molar-refractivity contribution in [3.05, 3.63) is 42.0 Å². The minimum Gasteiger partial charge on any atom is -0.478 e. The van der Waals surface area contributed by atoms with Gasteiger partial charge in [0.05, 0.1) is 5.56 Å². The van der Waals surface area contributed by atoms with E-state index in [1.807, 2.05) is 0 Å². The lowest BCUT2D eigenvalue weighted by atomic mass is 10.2. The van der Waals surface area contributed by atoms with Crippen LogP contribution in [0.25, 0.3) is 0 Å². The number of anilines is 1. The molecule has 0 saturated carbocycles. The van der Waals surface area contributed by atoms with Gasteiger partial charge in [-0.1, -0.05) is 0 Å². The monoisotopic (exact) mass is 253 g/mol. The fourth-order valence-electron chi connectivity index (χ4n) is 0.768. The SMILES string of the molecule is Nc1ccc(C(=O)O)cc1.O=C(O)/C=C\C(=O)O.